The van der Waals surface area contributed by atoms with Crippen molar-refractivity contribution in [2.75, 3.05) is 0 Å². The van der Waals surface area contributed by atoms with Gasteiger partial charge >= 0.3 is 0 Å². The molecule has 2 heterocycles. The Bertz CT molecular complexity index is 729. The molecular weight excluding hydrogens is 258 g/mol. The normalized spacial score (nSPS) is 11.1. The van der Waals surface area contributed by atoms with E-state index in [0.29, 0.717) is 6.54 Å². The first-order chi connectivity index (χ1) is 9.19. The highest BCUT2D eigenvalue weighted by atomic mass is 35.5. The summed E-state index contributed by atoms with van der Waals surface area (Å²) in [7, 11) is 0. The van der Waals surface area contributed by atoms with E-state index in [1.807, 2.05) is 49.5 Å². The first-order valence-corrected chi connectivity index (χ1v) is 6.50. The summed E-state index contributed by atoms with van der Waals surface area (Å²) >= 11 is 5.93. The number of aromatic nitrogens is 2. The van der Waals surface area contributed by atoms with Crippen molar-refractivity contribution in [1.82, 2.24) is 9.38 Å². The Morgan fingerprint density at radius 1 is 1.21 bits per heavy atom. The number of halogens is 1. The van der Waals surface area contributed by atoms with E-state index in [4.69, 9.17) is 17.3 Å². The molecule has 0 bridgehead atoms. The fourth-order valence-corrected chi connectivity index (χ4v) is 2.41. The third-order valence-electron chi connectivity index (χ3n) is 3.22. The van der Waals surface area contributed by atoms with Crippen LogP contribution in [-0.2, 0) is 6.54 Å². The van der Waals surface area contributed by atoms with E-state index in [2.05, 4.69) is 9.38 Å². The van der Waals surface area contributed by atoms with Gasteiger partial charge in [-0.3, -0.25) is 4.40 Å². The monoisotopic (exact) mass is 271 g/mol. The van der Waals surface area contributed by atoms with E-state index < -0.39 is 0 Å². The molecule has 0 spiro atoms. The Morgan fingerprint density at radius 3 is 2.63 bits per heavy atom. The van der Waals surface area contributed by atoms with Crippen molar-refractivity contribution in [1.29, 1.82) is 0 Å². The molecule has 0 saturated heterocycles. The SMILES string of the molecule is Cc1nc2cc(CN)ccn2c1-c1ccc(Cl)cc1. The number of aryl methyl sites for hydroxylation is 1. The first-order valence-electron chi connectivity index (χ1n) is 6.12. The van der Waals surface area contributed by atoms with Gasteiger partial charge in [-0.05, 0) is 36.8 Å². The van der Waals surface area contributed by atoms with Crippen LogP contribution in [0.15, 0.2) is 42.6 Å². The van der Waals surface area contributed by atoms with Crippen LogP contribution < -0.4 is 5.73 Å². The summed E-state index contributed by atoms with van der Waals surface area (Å²) in [5, 5.41) is 0.737. The van der Waals surface area contributed by atoms with Gasteiger partial charge in [0.2, 0.25) is 0 Å². The number of nitrogens with zero attached hydrogens (tertiary/aromatic N) is 2. The third kappa shape index (κ3) is 2.11. The number of pyridine rings is 1. The summed E-state index contributed by atoms with van der Waals surface area (Å²) in [6, 6.07) is 11.8. The molecule has 0 radical (unpaired) electrons. The quantitative estimate of drug-likeness (QED) is 0.776. The zero-order valence-corrected chi connectivity index (χ0v) is 11.4. The maximum absolute atomic E-state index is 5.93. The minimum atomic E-state index is 0.526. The van der Waals surface area contributed by atoms with Crippen LogP contribution in [0.5, 0.6) is 0 Å². The number of nitrogens with two attached hydrogens (primary N) is 1. The van der Waals surface area contributed by atoms with Gasteiger partial charge in [0.1, 0.15) is 5.65 Å². The minimum absolute atomic E-state index is 0.526. The van der Waals surface area contributed by atoms with Crippen molar-refractivity contribution < 1.29 is 0 Å². The zero-order chi connectivity index (χ0) is 13.4. The van der Waals surface area contributed by atoms with Crippen LogP contribution in [0.25, 0.3) is 16.9 Å². The van der Waals surface area contributed by atoms with Crippen LogP contribution in [-0.4, -0.2) is 9.38 Å². The van der Waals surface area contributed by atoms with Crippen LogP contribution in [0.4, 0.5) is 0 Å². The molecule has 0 aliphatic carbocycles. The molecular formula is C15H14ClN3. The number of benzene rings is 1. The molecule has 2 N–H and O–H groups in total. The van der Waals surface area contributed by atoms with Crippen LogP contribution in [0.1, 0.15) is 11.3 Å². The third-order valence-corrected chi connectivity index (χ3v) is 3.47. The molecule has 0 atom stereocenters. The largest absolute Gasteiger partial charge is 0.326 e. The molecule has 96 valence electrons. The summed E-state index contributed by atoms with van der Waals surface area (Å²) < 4.78 is 2.08. The Kier molecular flexibility index (Phi) is 3.01. The number of fused-ring (bicyclic) bond motifs is 1. The average Bonchev–Trinajstić information content (AvgIpc) is 2.74. The molecule has 0 saturated carbocycles. The lowest BCUT2D eigenvalue weighted by Crippen LogP contribution is -1.97. The zero-order valence-electron chi connectivity index (χ0n) is 10.6. The molecule has 0 amide bonds. The van der Waals surface area contributed by atoms with E-state index in [0.717, 1.165) is 33.2 Å². The summed E-state index contributed by atoms with van der Waals surface area (Å²) in [5.41, 5.74) is 10.9. The maximum atomic E-state index is 5.93. The fourth-order valence-electron chi connectivity index (χ4n) is 2.29. The second-order valence-corrected chi connectivity index (χ2v) is 4.96. The lowest BCUT2D eigenvalue weighted by Gasteiger charge is -2.04. The molecule has 3 nitrogen and oxygen atoms in total. The maximum Gasteiger partial charge on any atom is 0.137 e. The summed E-state index contributed by atoms with van der Waals surface area (Å²) in [6.07, 6.45) is 2.02. The molecule has 0 unspecified atom stereocenters. The van der Waals surface area contributed by atoms with Gasteiger partial charge in [-0.1, -0.05) is 23.7 Å². The van der Waals surface area contributed by atoms with Gasteiger partial charge < -0.3 is 5.73 Å². The number of hydrogen-bond acceptors (Lipinski definition) is 2. The van der Waals surface area contributed by atoms with Crippen molar-refractivity contribution in [3.63, 3.8) is 0 Å². The molecule has 19 heavy (non-hydrogen) atoms. The molecule has 1 aromatic carbocycles. The number of hydrogen-bond donors (Lipinski definition) is 1. The van der Waals surface area contributed by atoms with Gasteiger partial charge in [0.25, 0.3) is 0 Å². The molecule has 0 fully saturated rings. The second kappa shape index (κ2) is 4.68. The van der Waals surface area contributed by atoms with Crippen molar-refractivity contribution in [2.45, 2.75) is 13.5 Å². The van der Waals surface area contributed by atoms with Gasteiger partial charge in [-0.15, -0.1) is 0 Å². The van der Waals surface area contributed by atoms with Crippen LogP contribution in [0.3, 0.4) is 0 Å². The lowest BCUT2D eigenvalue weighted by atomic mass is 10.1. The van der Waals surface area contributed by atoms with Crippen molar-refractivity contribution in [2.24, 2.45) is 5.73 Å². The fraction of sp³-hybridized carbons (Fsp3) is 0.133. The van der Waals surface area contributed by atoms with Gasteiger partial charge in [0.15, 0.2) is 0 Å². The first kappa shape index (κ1) is 12.2. The summed E-state index contributed by atoms with van der Waals surface area (Å²) in [6.45, 7) is 2.54. The highest BCUT2D eigenvalue weighted by Crippen LogP contribution is 2.26. The number of rotatable bonds is 2. The smallest absolute Gasteiger partial charge is 0.137 e. The van der Waals surface area contributed by atoms with E-state index in [1.165, 1.54) is 0 Å². The molecule has 4 heteroatoms. The average molecular weight is 272 g/mol. The molecule has 0 aliphatic rings. The molecule has 3 aromatic rings. The summed E-state index contributed by atoms with van der Waals surface area (Å²) in [5.74, 6) is 0. The lowest BCUT2D eigenvalue weighted by molar-refractivity contribution is 1.05. The van der Waals surface area contributed by atoms with Crippen molar-refractivity contribution in [3.05, 3.63) is 58.9 Å². The van der Waals surface area contributed by atoms with Gasteiger partial charge in [0, 0.05) is 23.3 Å². The Labute approximate surface area is 116 Å². The van der Waals surface area contributed by atoms with Crippen LogP contribution in [0.2, 0.25) is 5.02 Å². The molecule has 0 aliphatic heterocycles. The Hall–Kier alpha value is -1.84. The van der Waals surface area contributed by atoms with Gasteiger partial charge in [0.05, 0.1) is 11.4 Å². The molecule has 2 aromatic heterocycles. The minimum Gasteiger partial charge on any atom is -0.326 e. The molecule has 3 rings (SSSR count). The van der Waals surface area contributed by atoms with Crippen LogP contribution in [0, 0.1) is 6.92 Å². The topological polar surface area (TPSA) is 43.3 Å². The van der Waals surface area contributed by atoms with Crippen molar-refractivity contribution >= 4 is 17.2 Å². The van der Waals surface area contributed by atoms with E-state index in [-0.39, 0.29) is 0 Å². The van der Waals surface area contributed by atoms with E-state index in [1.54, 1.807) is 0 Å². The summed E-state index contributed by atoms with van der Waals surface area (Å²) in [4.78, 5) is 4.59. The van der Waals surface area contributed by atoms with Gasteiger partial charge in [-0.2, -0.15) is 0 Å². The van der Waals surface area contributed by atoms with E-state index >= 15 is 0 Å². The van der Waals surface area contributed by atoms with Crippen LogP contribution >= 0.6 is 11.6 Å². The van der Waals surface area contributed by atoms with Crippen molar-refractivity contribution in [3.8, 4) is 11.3 Å². The Balaban J connectivity index is 2.23. The highest BCUT2D eigenvalue weighted by Gasteiger charge is 2.10. The second-order valence-electron chi connectivity index (χ2n) is 4.52. The Morgan fingerprint density at radius 2 is 1.95 bits per heavy atom. The number of imidazole rings is 1. The highest BCUT2D eigenvalue weighted by molar-refractivity contribution is 6.30. The standard InChI is InChI=1S/C15H14ClN3/c1-10-15(12-2-4-13(16)5-3-12)19-7-6-11(9-17)8-14(19)18-10/h2-8H,9,17H2,1H3. The van der Waals surface area contributed by atoms with Gasteiger partial charge in [-0.25, -0.2) is 4.98 Å². The predicted molar refractivity (Wildman–Crippen MR) is 78.3 cm³/mol. The van der Waals surface area contributed by atoms with E-state index in [9.17, 15) is 0 Å². The predicted octanol–water partition coefficient (Wildman–Crippen LogP) is 3.42.